The van der Waals surface area contributed by atoms with Gasteiger partial charge in [0.25, 0.3) is 0 Å². The van der Waals surface area contributed by atoms with Gasteiger partial charge in [0, 0.05) is 48.4 Å². The third-order valence-electron chi connectivity index (χ3n) is 6.50. The second kappa shape index (κ2) is 10.1. The highest BCUT2D eigenvalue weighted by molar-refractivity contribution is 9.10. The summed E-state index contributed by atoms with van der Waals surface area (Å²) in [6.45, 7) is 5.60. The van der Waals surface area contributed by atoms with Crippen molar-refractivity contribution < 1.29 is 9.32 Å². The van der Waals surface area contributed by atoms with E-state index in [1.54, 1.807) is 0 Å². The van der Waals surface area contributed by atoms with Gasteiger partial charge < -0.3 is 14.3 Å². The van der Waals surface area contributed by atoms with Gasteiger partial charge in [-0.3, -0.25) is 9.69 Å². The number of carbonyl (C=O) groups is 1. The van der Waals surface area contributed by atoms with E-state index in [2.05, 4.69) is 60.1 Å². The van der Waals surface area contributed by atoms with Crippen LogP contribution in [0.25, 0.3) is 11.4 Å². The van der Waals surface area contributed by atoms with E-state index in [1.165, 1.54) is 5.69 Å². The van der Waals surface area contributed by atoms with Crippen LogP contribution in [0.2, 0.25) is 0 Å². The van der Waals surface area contributed by atoms with Crippen molar-refractivity contribution in [3.63, 3.8) is 0 Å². The second-order valence-corrected chi connectivity index (χ2v) is 9.66. The third-order valence-corrected chi connectivity index (χ3v) is 7.03. The summed E-state index contributed by atoms with van der Waals surface area (Å²) in [5.74, 6) is 1.51. The fraction of sp³-hybridized carbons (Fsp3) is 0.400. The maximum atomic E-state index is 13.2. The summed E-state index contributed by atoms with van der Waals surface area (Å²) in [6.07, 6.45) is 1.95. The number of nitrogens with zero attached hydrogens (tertiary/aromatic N) is 5. The minimum Gasteiger partial charge on any atom is -0.368 e. The van der Waals surface area contributed by atoms with Crippen molar-refractivity contribution in [1.82, 2.24) is 19.9 Å². The lowest BCUT2D eigenvalue weighted by Gasteiger charge is -2.39. The molecule has 1 aromatic heterocycles. The molecule has 7 nitrogen and oxygen atoms in total. The van der Waals surface area contributed by atoms with E-state index in [9.17, 15) is 4.79 Å². The fourth-order valence-electron chi connectivity index (χ4n) is 4.71. The molecule has 2 saturated heterocycles. The quantitative estimate of drug-likeness (QED) is 0.516. The highest BCUT2D eigenvalue weighted by atomic mass is 79.9. The first-order valence-corrected chi connectivity index (χ1v) is 12.3. The summed E-state index contributed by atoms with van der Waals surface area (Å²) >= 11 is 3.44. The summed E-state index contributed by atoms with van der Waals surface area (Å²) in [5, 5.41) is 4.13. The molecule has 0 aliphatic carbocycles. The van der Waals surface area contributed by atoms with E-state index in [1.807, 2.05) is 35.2 Å². The standard InChI is InChI=1S/C25H28BrN5O2/c26-21-10-8-19(9-11-21)24-27-23(33-28-24)18-29-12-4-5-20(17-29)25(32)31-15-13-30(14-16-31)22-6-2-1-3-7-22/h1-3,6-11,20H,4-5,12-18H2. The van der Waals surface area contributed by atoms with Gasteiger partial charge in [0.15, 0.2) is 0 Å². The Hall–Kier alpha value is -2.71. The molecule has 172 valence electrons. The Bertz CT molecular complexity index is 1060. The van der Waals surface area contributed by atoms with Crippen molar-refractivity contribution in [3.8, 4) is 11.4 Å². The van der Waals surface area contributed by atoms with E-state index in [4.69, 9.17) is 4.52 Å². The van der Waals surface area contributed by atoms with Crippen LogP contribution < -0.4 is 4.90 Å². The SMILES string of the molecule is O=C(C1CCCN(Cc2nc(-c3ccc(Br)cc3)no2)C1)N1CCN(c2ccccc2)CC1. The molecule has 0 bridgehead atoms. The Balaban J connectivity index is 1.15. The van der Waals surface area contributed by atoms with Crippen LogP contribution in [0.5, 0.6) is 0 Å². The van der Waals surface area contributed by atoms with Gasteiger partial charge in [-0.05, 0) is 55.8 Å². The maximum absolute atomic E-state index is 13.2. The van der Waals surface area contributed by atoms with E-state index >= 15 is 0 Å². The van der Waals surface area contributed by atoms with Gasteiger partial charge >= 0.3 is 0 Å². The molecule has 8 heteroatoms. The largest absolute Gasteiger partial charge is 0.368 e. The number of piperazine rings is 1. The van der Waals surface area contributed by atoms with Gasteiger partial charge in [-0.2, -0.15) is 4.98 Å². The summed E-state index contributed by atoms with van der Waals surface area (Å²) in [5.41, 5.74) is 2.16. The van der Waals surface area contributed by atoms with Gasteiger partial charge in [0.2, 0.25) is 17.6 Å². The molecular weight excluding hydrogens is 482 g/mol. The topological polar surface area (TPSA) is 65.7 Å². The van der Waals surface area contributed by atoms with Gasteiger partial charge in [-0.25, -0.2) is 0 Å². The van der Waals surface area contributed by atoms with Crippen molar-refractivity contribution >= 4 is 27.5 Å². The number of halogens is 1. The molecule has 2 fully saturated rings. The van der Waals surface area contributed by atoms with Gasteiger partial charge in [-0.15, -0.1) is 0 Å². The Labute approximate surface area is 202 Å². The lowest BCUT2D eigenvalue weighted by molar-refractivity contribution is -0.137. The van der Waals surface area contributed by atoms with Gasteiger partial charge in [-0.1, -0.05) is 39.3 Å². The zero-order chi connectivity index (χ0) is 22.6. The summed E-state index contributed by atoms with van der Waals surface area (Å²) in [6, 6.07) is 18.3. The third kappa shape index (κ3) is 5.28. The smallest absolute Gasteiger partial charge is 0.241 e. The molecule has 2 aliphatic rings. The van der Waals surface area contributed by atoms with Crippen LogP contribution in [0.4, 0.5) is 5.69 Å². The first-order valence-electron chi connectivity index (χ1n) is 11.6. The maximum Gasteiger partial charge on any atom is 0.241 e. The molecule has 33 heavy (non-hydrogen) atoms. The molecular formula is C25H28BrN5O2. The highest BCUT2D eigenvalue weighted by Gasteiger charge is 2.31. The van der Waals surface area contributed by atoms with Gasteiger partial charge in [0.1, 0.15) is 0 Å². The number of piperidine rings is 1. The molecule has 0 N–H and O–H groups in total. The first kappa shape index (κ1) is 22.1. The predicted molar refractivity (Wildman–Crippen MR) is 131 cm³/mol. The van der Waals surface area contributed by atoms with Gasteiger partial charge in [0.05, 0.1) is 12.5 Å². The average Bonchev–Trinajstić information content (AvgIpc) is 3.33. The Morgan fingerprint density at radius 3 is 2.52 bits per heavy atom. The van der Waals surface area contributed by atoms with Crippen molar-refractivity contribution in [2.45, 2.75) is 19.4 Å². The van der Waals surface area contributed by atoms with Crippen LogP contribution in [-0.2, 0) is 11.3 Å². The molecule has 1 unspecified atom stereocenters. The van der Waals surface area contributed by atoms with Crippen molar-refractivity contribution in [3.05, 3.63) is 65.0 Å². The minimum absolute atomic E-state index is 0.0379. The lowest BCUT2D eigenvalue weighted by Crippen LogP contribution is -2.52. The van der Waals surface area contributed by atoms with Crippen LogP contribution in [0.1, 0.15) is 18.7 Å². The number of rotatable bonds is 5. The number of para-hydroxylation sites is 1. The number of benzene rings is 2. The minimum atomic E-state index is 0.0379. The van der Waals surface area contributed by atoms with Crippen LogP contribution in [-0.4, -0.2) is 65.1 Å². The molecule has 5 rings (SSSR count). The number of carbonyl (C=O) groups excluding carboxylic acids is 1. The summed E-state index contributed by atoms with van der Waals surface area (Å²) in [7, 11) is 0. The fourth-order valence-corrected chi connectivity index (χ4v) is 4.97. The average molecular weight is 510 g/mol. The second-order valence-electron chi connectivity index (χ2n) is 8.74. The molecule has 3 heterocycles. The van der Waals surface area contributed by atoms with Crippen molar-refractivity contribution in [1.29, 1.82) is 0 Å². The number of hydrogen-bond donors (Lipinski definition) is 0. The predicted octanol–water partition coefficient (Wildman–Crippen LogP) is 4.06. The molecule has 3 aromatic rings. The lowest BCUT2D eigenvalue weighted by atomic mass is 9.96. The van der Waals surface area contributed by atoms with E-state index in [-0.39, 0.29) is 11.8 Å². The number of likely N-dealkylation sites (tertiary alicyclic amines) is 1. The van der Waals surface area contributed by atoms with Crippen LogP contribution in [0.15, 0.2) is 63.6 Å². The van der Waals surface area contributed by atoms with Crippen LogP contribution in [0.3, 0.4) is 0 Å². The molecule has 2 aliphatic heterocycles. The Morgan fingerprint density at radius 2 is 1.76 bits per heavy atom. The Kier molecular flexibility index (Phi) is 6.73. The molecule has 1 amide bonds. The number of amides is 1. The number of anilines is 1. The molecule has 0 spiro atoms. The normalized spacial score (nSPS) is 19.6. The first-order chi connectivity index (χ1) is 16.2. The monoisotopic (exact) mass is 509 g/mol. The van der Waals surface area contributed by atoms with E-state index in [0.717, 1.165) is 62.1 Å². The van der Waals surface area contributed by atoms with Crippen LogP contribution >= 0.6 is 15.9 Å². The molecule has 0 radical (unpaired) electrons. The Morgan fingerprint density at radius 1 is 1.00 bits per heavy atom. The highest BCUT2D eigenvalue weighted by Crippen LogP contribution is 2.24. The zero-order valence-corrected chi connectivity index (χ0v) is 20.2. The van der Waals surface area contributed by atoms with Crippen LogP contribution in [0, 0.1) is 5.92 Å². The number of aromatic nitrogens is 2. The van der Waals surface area contributed by atoms with E-state index in [0.29, 0.717) is 18.3 Å². The molecule has 0 saturated carbocycles. The summed E-state index contributed by atoms with van der Waals surface area (Å²) in [4.78, 5) is 24.5. The van der Waals surface area contributed by atoms with Crippen molar-refractivity contribution in [2.24, 2.45) is 5.92 Å². The molecule has 2 aromatic carbocycles. The van der Waals surface area contributed by atoms with Crippen molar-refractivity contribution in [2.75, 3.05) is 44.2 Å². The molecule has 1 atom stereocenters. The van der Waals surface area contributed by atoms with E-state index < -0.39 is 0 Å². The number of hydrogen-bond acceptors (Lipinski definition) is 6. The summed E-state index contributed by atoms with van der Waals surface area (Å²) < 4.78 is 6.52. The zero-order valence-electron chi connectivity index (χ0n) is 18.6.